The average Bonchev–Trinajstić information content (AvgIpc) is 3.89. The first kappa shape index (κ1) is 50.5. The zero-order valence-corrected chi connectivity index (χ0v) is 46.5. The molecule has 0 N–H and O–H groups in total. The molecular weight excluding hydrogens is 1060 g/mol. The minimum absolute atomic E-state index is 0. The van der Waals surface area contributed by atoms with Crippen LogP contribution in [0.25, 0.3) is 27.6 Å². The SMILES string of the molecule is CC(C)(C)c1ccc(N2[CH-]N(c3[c-]c(Oc4[c-]c5c(cc4)c4cc(C(C)(C)c6ccccc6)ccc4n5-c4cc(C(C)(C)C)ccn4)cc(C(C)(C)c4ccccc4)c3)c3ccc(C(C)(C)C)cc32)cc1.[Pt]. The maximum atomic E-state index is 7.07. The minimum Gasteiger partial charge on any atom is -0.509 e. The van der Waals surface area contributed by atoms with Gasteiger partial charge in [-0.25, -0.2) is 4.98 Å². The summed E-state index contributed by atoms with van der Waals surface area (Å²) >= 11 is 0. The molecule has 370 valence electrons. The van der Waals surface area contributed by atoms with E-state index in [9.17, 15) is 0 Å². The van der Waals surface area contributed by atoms with Crippen molar-refractivity contribution in [3.63, 3.8) is 0 Å². The molecule has 10 rings (SSSR count). The molecule has 5 nitrogen and oxygen atoms in total. The van der Waals surface area contributed by atoms with Crippen LogP contribution in [0.4, 0.5) is 22.7 Å². The van der Waals surface area contributed by atoms with Gasteiger partial charge in [0.05, 0.1) is 0 Å². The van der Waals surface area contributed by atoms with Gasteiger partial charge >= 0.3 is 0 Å². The van der Waals surface area contributed by atoms with E-state index in [4.69, 9.17) is 9.72 Å². The van der Waals surface area contributed by atoms with Gasteiger partial charge in [-0.05, 0) is 103 Å². The molecule has 7 aromatic carbocycles. The number of fused-ring (bicyclic) bond motifs is 4. The van der Waals surface area contributed by atoms with Crippen LogP contribution in [0.3, 0.4) is 0 Å². The van der Waals surface area contributed by atoms with E-state index in [1.807, 2.05) is 6.20 Å². The third-order valence-electron chi connectivity index (χ3n) is 14.8. The van der Waals surface area contributed by atoms with Crippen LogP contribution in [0.15, 0.2) is 164 Å². The summed E-state index contributed by atoms with van der Waals surface area (Å²) in [5, 5.41) is 2.22. The Morgan fingerprint density at radius 2 is 1.03 bits per heavy atom. The summed E-state index contributed by atoms with van der Waals surface area (Å²) in [4.78, 5) is 9.60. The van der Waals surface area contributed by atoms with E-state index >= 15 is 0 Å². The number of benzene rings is 7. The van der Waals surface area contributed by atoms with Gasteiger partial charge in [-0.1, -0.05) is 187 Å². The van der Waals surface area contributed by atoms with Gasteiger partial charge in [-0.15, -0.1) is 53.6 Å². The number of hydrogen-bond acceptors (Lipinski definition) is 4. The van der Waals surface area contributed by atoms with E-state index in [1.165, 1.54) is 33.4 Å². The third kappa shape index (κ3) is 9.42. The first-order chi connectivity index (χ1) is 33.6. The summed E-state index contributed by atoms with van der Waals surface area (Å²) in [5.41, 5.74) is 14.1. The van der Waals surface area contributed by atoms with Gasteiger partial charge in [0.1, 0.15) is 5.82 Å². The molecule has 0 saturated carbocycles. The van der Waals surface area contributed by atoms with Gasteiger partial charge in [0.15, 0.2) is 0 Å². The summed E-state index contributed by atoms with van der Waals surface area (Å²) in [6.45, 7) is 31.7. The Morgan fingerprint density at radius 1 is 0.444 bits per heavy atom. The zero-order chi connectivity index (χ0) is 50.3. The summed E-state index contributed by atoms with van der Waals surface area (Å²) in [6, 6.07) is 64.8. The fourth-order valence-electron chi connectivity index (χ4n) is 10.00. The number of hydrogen-bond donors (Lipinski definition) is 0. The summed E-state index contributed by atoms with van der Waals surface area (Å²) in [5.74, 6) is 2.04. The van der Waals surface area contributed by atoms with E-state index in [-0.39, 0.29) is 48.1 Å². The van der Waals surface area contributed by atoms with E-state index in [0.29, 0.717) is 11.5 Å². The van der Waals surface area contributed by atoms with Crippen LogP contribution in [0.2, 0.25) is 0 Å². The van der Waals surface area contributed by atoms with E-state index in [0.717, 1.165) is 55.9 Å². The van der Waals surface area contributed by atoms with Crippen molar-refractivity contribution in [2.45, 2.75) is 117 Å². The van der Waals surface area contributed by atoms with Crippen molar-refractivity contribution in [3.05, 3.63) is 222 Å². The van der Waals surface area contributed by atoms with Crippen LogP contribution in [0, 0.1) is 18.8 Å². The van der Waals surface area contributed by atoms with Gasteiger partial charge in [-0.3, -0.25) is 0 Å². The van der Waals surface area contributed by atoms with Crippen molar-refractivity contribution in [2.75, 3.05) is 9.80 Å². The van der Waals surface area contributed by atoms with Crippen LogP contribution in [0.5, 0.6) is 11.5 Å². The van der Waals surface area contributed by atoms with E-state index in [1.54, 1.807) is 0 Å². The monoisotopic (exact) mass is 1130 g/mol. The quantitative estimate of drug-likeness (QED) is 0.135. The fraction of sp³-hybridized carbons (Fsp3) is 0.273. The molecule has 0 fully saturated rings. The van der Waals surface area contributed by atoms with Crippen LogP contribution >= 0.6 is 0 Å². The van der Waals surface area contributed by atoms with Gasteiger partial charge in [0.2, 0.25) is 0 Å². The Morgan fingerprint density at radius 3 is 1.65 bits per heavy atom. The number of ether oxygens (including phenoxy) is 1. The standard InChI is InChI=1S/C66H67N4O.Pt/c1-62(2,3)44-24-28-51(29-25-44)68-43-69(58-33-26-47(39-60(58)68)63(4,5)6)52-36-50(66(12,13)46-22-18-15-19-23-46)37-54(41-52)71-53-30-31-55-56-38-49(65(10,11)45-20-16-14-17-21-45)27-32-57(56)70(59(55)42-53)61-40-48(34-35-67-61)64(7,8)9;/h14-40,43H,1-13H3;/q-3;. The van der Waals surface area contributed by atoms with Crippen LogP contribution in [0.1, 0.15) is 129 Å². The smallest absolute Gasteiger partial charge is 0.135 e. The summed E-state index contributed by atoms with van der Waals surface area (Å²) in [7, 11) is 0. The van der Waals surface area contributed by atoms with Crippen molar-refractivity contribution in [1.29, 1.82) is 0 Å². The van der Waals surface area contributed by atoms with Crippen LogP contribution in [-0.2, 0) is 48.1 Å². The number of aromatic nitrogens is 2. The molecule has 0 atom stereocenters. The maximum Gasteiger partial charge on any atom is 0.135 e. The molecule has 0 amide bonds. The Kier molecular flexibility index (Phi) is 13.0. The second kappa shape index (κ2) is 18.6. The second-order valence-electron chi connectivity index (χ2n) is 23.6. The molecule has 3 heterocycles. The number of nitrogens with zero attached hydrogens (tertiary/aromatic N) is 4. The van der Waals surface area contributed by atoms with Gasteiger partial charge in [0.25, 0.3) is 0 Å². The summed E-state index contributed by atoms with van der Waals surface area (Å²) < 4.78 is 9.32. The normalized spacial score (nSPS) is 13.4. The van der Waals surface area contributed by atoms with Crippen molar-refractivity contribution in [2.24, 2.45) is 0 Å². The maximum absolute atomic E-state index is 7.07. The van der Waals surface area contributed by atoms with Crippen molar-refractivity contribution in [3.8, 4) is 17.3 Å². The molecule has 1 aliphatic heterocycles. The number of rotatable bonds is 9. The molecule has 1 aliphatic rings. The van der Waals surface area contributed by atoms with E-state index < -0.39 is 0 Å². The molecule has 0 radical (unpaired) electrons. The zero-order valence-electron chi connectivity index (χ0n) is 44.2. The first-order valence-corrected chi connectivity index (χ1v) is 25.1. The molecule has 0 saturated heterocycles. The molecule has 0 bridgehead atoms. The molecule has 6 heteroatoms. The third-order valence-corrected chi connectivity index (χ3v) is 14.8. The fourth-order valence-corrected chi connectivity index (χ4v) is 10.00. The number of pyridine rings is 1. The minimum atomic E-state index is -0.376. The average molecular weight is 1130 g/mol. The Labute approximate surface area is 443 Å². The van der Waals surface area contributed by atoms with Crippen LogP contribution in [-0.4, -0.2) is 9.55 Å². The number of anilines is 4. The second-order valence-corrected chi connectivity index (χ2v) is 23.6. The van der Waals surface area contributed by atoms with E-state index in [2.05, 4.69) is 281 Å². The first-order valence-electron chi connectivity index (χ1n) is 25.1. The predicted molar refractivity (Wildman–Crippen MR) is 297 cm³/mol. The van der Waals surface area contributed by atoms with Crippen LogP contribution < -0.4 is 14.5 Å². The predicted octanol–water partition coefficient (Wildman–Crippen LogP) is 17.5. The topological polar surface area (TPSA) is 33.5 Å². The Balaban J connectivity index is 0.00000640. The molecular formula is C66H67N4OPt-3. The van der Waals surface area contributed by atoms with Gasteiger partial charge < -0.3 is 19.1 Å². The van der Waals surface area contributed by atoms with Gasteiger partial charge in [-0.2, -0.15) is 6.07 Å². The van der Waals surface area contributed by atoms with Crippen molar-refractivity contribution >= 4 is 44.6 Å². The molecule has 0 unspecified atom stereocenters. The molecule has 0 aliphatic carbocycles. The Bertz CT molecular complexity index is 3420. The molecule has 2 aromatic heterocycles. The van der Waals surface area contributed by atoms with Crippen molar-refractivity contribution in [1.82, 2.24) is 9.55 Å². The molecule has 72 heavy (non-hydrogen) atoms. The van der Waals surface area contributed by atoms with Crippen molar-refractivity contribution < 1.29 is 25.8 Å². The van der Waals surface area contributed by atoms with Gasteiger partial charge in [0, 0.05) is 66.8 Å². The largest absolute Gasteiger partial charge is 0.509 e. The molecule has 9 aromatic rings. The summed E-state index contributed by atoms with van der Waals surface area (Å²) in [6.07, 6.45) is 1.93. The Hall–Kier alpha value is -6.42. The molecule has 0 spiro atoms.